The van der Waals surface area contributed by atoms with Crippen LogP contribution in [-0.2, 0) is 20.0 Å². The number of methoxy groups -OCH3 is 2. The standard InChI is InChI=1S/C18H20N2O7S2/c1-26-16-8-7-13(11-17(16)27-2)18(21)19-28(22,23)14-5-3-6-15(12-14)29(24,25)20-9-4-10-20/h3,5-8,11-12H,4,9-10H2,1-2H3,(H,19,21). The highest BCUT2D eigenvalue weighted by Gasteiger charge is 2.30. The van der Waals surface area contributed by atoms with Crippen LogP contribution in [0.3, 0.4) is 0 Å². The van der Waals surface area contributed by atoms with Crippen LogP contribution in [0.1, 0.15) is 16.8 Å². The van der Waals surface area contributed by atoms with Crippen molar-refractivity contribution in [3.05, 3.63) is 48.0 Å². The van der Waals surface area contributed by atoms with E-state index in [-0.39, 0.29) is 21.1 Å². The van der Waals surface area contributed by atoms with Crippen molar-refractivity contribution in [2.24, 2.45) is 0 Å². The number of benzene rings is 2. The Balaban J connectivity index is 1.86. The summed E-state index contributed by atoms with van der Waals surface area (Å²) in [6.45, 7) is 0.796. The van der Waals surface area contributed by atoms with Gasteiger partial charge in [-0.15, -0.1) is 0 Å². The predicted molar refractivity (Wildman–Crippen MR) is 104 cm³/mol. The SMILES string of the molecule is COc1ccc(C(=O)NS(=O)(=O)c2cccc(S(=O)(=O)N3CCC3)c2)cc1OC. The van der Waals surface area contributed by atoms with Crippen molar-refractivity contribution in [3.63, 3.8) is 0 Å². The number of rotatable bonds is 7. The molecule has 1 aliphatic rings. The van der Waals surface area contributed by atoms with Gasteiger partial charge in [0.2, 0.25) is 10.0 Å². The van der Waals surface area contributed by atoms with Crippen molar-refractivity contribution in [1.29, 1.82) is 0 Å². The van der Waals surface area contributed by atoms with E-state index in [1.807, 2.05) is 4.72 Å². The second-order valence-electron chi connectivity index (χ2n) is 6.24. The molecule has 156 valence electrons. The molecule has 0 bridgehead atoms. The molecule has 1 amide bonds. The highest BCUT2D eigenvalue weighted by Crippen LogP contribution is 2.28. The largest absolute Gasteiger partial charge is 0.493 e. The van der Waals surface area contributed by atoms with Gasteiger partial charge in [0.25, 0.3) is 15.9 Å². The van der Waals surface area contributed by atoms with E-state index in [9.17, 15) is 21.6 Å². The van der Waals surface area contributed by atoms with Crippen LogP contribution in [0.2, 0.25) is 0 Å². The van der Waals surface area contributed by atoms with Gasteiger partial charge in [-0.05, 0) is 42.8 Å². The van der Waals surface area contributed by atoms with Crippen LogP contribution in [0.15, 0.2) is 52.3 Å². The van der Waals surface area contributed by atoms with Crippen LogP contribution in [-0.4, -0.2) is 54.4 Å². The molecule has 0 aliphatic carbocycles. The van der Waals surface area contributed by atoms with Crippen LogP contribution in [0, 0.1) is 0 Å². The van der Waals surface area contributed by atoms with Crippen LogP contribution in [0.4, 0.5) is 0 Å². The van der Waals surface area contributed by atoms with Gasteiger partial charge in [-0.25, -0.2) is 21.6 Å². The number of hydrogen-bond acceptors (Lipinski definition) is 7. The molecule has 0 atom stereocenters. The first-order valence-electron chi connectivity index (χ1n) is 8.58. The molecular weight excluding hydrogens is 420 g/mol. The fourth-order valence-electron chi connectivity index (χ4n) is 2.70. The van der Waals surface area contributed by atoms with Crippen molar-refractivity contribution < 1.29 is 31.1 Å². The van der Waals surface area contributed by atoms with Gasteiger partial charge < -0.3 is 9.47 Å². The average molecular weight is 440 g/mol. The lowest BCUT2D eigenvalue weighted by Crippen LogP contribution is -2.42. The van der Waals surface area contributed by atoms with Gasteiger partial charge in [0.1, 0.15) is 0 Å². The van der Waals surface area contributed by atoms with Gasteiger partial charge in [0, 0.05) is 18.7 Å². The first kappa shape index (κ1) is 21.1. The van der Waals surface area contributed by atoms with Crippen molar-refractivity contribution in [2.75, 3.05) is 27.3 Å². The molecule has 1 aliphatic heterocycles. The van der Waals surface area contributed by atoms with Crippen LogP contribution in [0.25, 0.3) is 0 Å². The van der Waals surface area contributed by atoms with Gasteiger partial charge >= 0.3 is 0 Å². The molecule has 0 unspecified atom stereocenters. The molecule has 9 nitrogen and oxygen atoms in total. The molecular formula is C18H20N2O7S2. The third kappa shape index (κ3) is 4.21. The van der Waals surface area contributed by atoms with E-state index in [0.717, 1.165) is 12.5 Å². The van der Waals surface area contributed by atoms with Crippen molar-refractivity contribution in [2.45, 2.75) is 16.2 Å². The monoisotopic (exact) mass is 440 g/mol. The third-order valence-corrected chi connectivity index (χ3v) is 7.66. The van der Waals surface area contributed by atoms with Crippen molar-refractivity contribution in [1.82, 2.24) is 9.03 Å². The smallest absolute Gasteiger partial charge is 0.265 e. The first-order chi connectivity index (χ1) is 13.7. The highest BCUT2D eigenvalue weighted by atomic mass is 32.2. The zero-order valence-corrected chi connectivity index (χ0v) is 17.4. The van der Waals surface area contributed by atoms with Gasteiger partial charge in [0.05, 0.1) is 24.0 Å². The normalized spacial score (nSPS) is 14.7. The van der Waals surface area contributed by atoms with E-state index in [4.69, 9.17) is 9.47 Å². The molecule has 1 N–H and O–H groups in total. The Bertz CT molecular complexity index is 1140. The predicted octanol–water partition coefficient (Wildman–Crippen LogP) is 1.22. The van der Waals surface area contributed by atoms with Crippen molar-refractivity contribution in [3.8, 4) is 11.5 Å². The number of nitrogens with zero attached hydrogens (tertiary/aromatic N) is 1. The fraction of sp³-hybridized carbons (Fsp3) is 0.278. The van der Waals surface area contributed by atoms with Crippen LogP contribution in [0.5, 0.6) is 11.5 Å². The quantitative estimate of drug-likeness (QED) is 0.687. The maximum Gasteiger partial charge on any atom is 0.265 e. The number of amides is 1. The van der Waals surface area contributed by atoms with Gasteiger partial charge in [0.15, 0.2) is 11.5 Å². The van der Waals surface area contributed by atoms with Gasteiger partial charge in [-0.3, -0.25) is 4.79 Å². The molecule has 1 fully saturated rings. The Hall–Kier alpha value is -2.63. The summed E-state index contributed by atoms with van der Waals surface area (Å²) >= 11 is 0. The molecule has 0 aromatic heterocycles. The number of hydrogen-bond donors (Lipinski definition) is 1. The zero-order valence-electron chi connectivity index (χ0n) is 15.8. The number of sulfonamides is 2. The molecule has 1 heterocycles. The number of nitrogens with one attached hydrogen (secondary N) is 1. The van der Waals surface area contributed by atoms with Crippen LogP contribution < -0.4 is 14.2 Å². The summed E-state index contributed by atoms with van der Waals surface area (Å²) in [7, 11) is -5.23. The summed E-state index contributed by atoms with van der Waals surface area (Å²) < 4.78 is 63.6. The Labute approximate surface area is 169 Å². The first-order valence-corrected chi connectivity index (χ1v) is 11.5. The molecule has 2 aromatic rings. The van der Waals surface area contributed by atoms with E-state index < -0.39 is 26.0 Å². The maximum absolute atomic E-state index is 12.6. The summed E-state index contributed by atoms with van der Waals surface area (Å²) in [5, 5.41) is 0. The summed E-state index contributed by atoms with van der Waals surface area (Å²) in [5.74, 6) is -0.238. The maximum atomic E-state index is 12.6. The minimum atomic E-state index is -4.29. The third-order valence-electron chi connectivity index (χ3n) is 4.44. The molecule has 3 rings (SSSR count). The van der Waals surface area contributed by atoms with Gasteiger partial charge in [-0.1, -0.05) is 6.07 Å². The molecule has 2 aromatic carbocycles. The summed E-state index contributed by atoms with van der Waals surface area (Å²) in [6, 6.07) is 9.11. The Morgan fingerprint density at radius 1 is 0.931 bits per heavy atom. The second kappa shape index (κ2) is 8.01. The topological polar surface area (TPSA) is 119 Å². The zero-order chi connectivity index (χ0) is 21.2. The Kier molecular flexibility index (Phi) is 5.82. The number of carbonyl (C=O) groups is 1. The average Bonchev–Trinajstić information content (AvgIpc) is 2.65. The van der Waals surface area contributed by atoms with Crippen molar-refractivity contribution >= 4 is 26.0 Å². The lowest BCUT2D eigenvalue weighted by molar-refractivity contribution is 0.0981. The van der Waals surface area contributed by atoms with E-state index in [1.165, 1.54) is 54.9 Å². The number of ether oxygens (including phenoxy) is 2. The lowest BCUT2D eigenvalue weighted by atomic mass is 10.2. The van der Waals surface area contributed by atoms with E-state index in [1.54, 1.807) is 0 Å². The fourth-order valence-corrected chi connectivity index (χ4v) is 5.35. The second-order valence-corrected chi connectivity index (χ2v) is 9.86. The lowest BCUT2D eigenvalue weighted by Gasteiger charge is -2.29. The summed E-state index contributed by atoms with van der Waals surface area (Å²) in [6.07, 6.45) is 0.763. The van der Waals surface area contributed by atoms with Gasteiger partial charge in [-0.2, -0.15) is 4.31 Å². The molecule has 29 heavy (non-hydrogen) atoms. The Morgan fingerprint density at radius 2 is 1.59 bits per heavy atom. The highest BCUT2D eigenvalue weighted by molar-refractivity contribution is 7.90. The molecule has 0 spiro atoms. The minimum absolute atomic E-state index is 0.0376. The summed E-state index contributed by atoms with van der Waals surface area (Å²) in [4.78, 5) is 12.0. The molecule has 0 radical (unpaired) electrons. The van der Waals surface area contributed by atoms with E-state index in [0.29, 0.717) is 18.8 Å². The molecule has 11 heteroatoms. The molecule has 1 saturated heterocycles. The van der Waals surface area contributed by atoms with E-state index >= 15 is 0 Å². The van der Waals surface area contributed by atoms with E-state index in [2.05, 4.69) is 0 Å². The molecule has 0 saturated carbocycles. The number of carbonyl (C=O) groups excluding carboxylic acids is 1. The Morgan fingerprint density at radius 3 is 2.17 bits per heavy atom. The summed E-state index contributed by atoms with van der Waals surface area (Å²) in [5.41, 5.74) is 0.0376. The van der Waals surface area contributed by atoms with Crippen LogP contribution >= 0.6 is 0 Å². The minimum Gasteiger partial charge on any atom is -0.493 e.